The first-order valence-corrected chi connectivity index (χ1v) is 14.6. The van der Waals surface area contributed by atoms with Crippen molar-refractivity contribution in [1.29, 1.82) is 0 Å². The van der Waals surface area contributed by atoms with Crippen molar-refractivity contribution in [2.45, 2.75) is 70.1 Å². The van der Waals surface area contributed by atoms with Crippen LogP contribution in [0.5, 0.6) is 5.75 Å². The number of halogens is 1. The summed E-state index contributed by atoms with van der Waals surface area (Å²) in [4.78, 5) is 13.4. The van der Waals surface area contributed by atoms with Crippen molar-refractivity contribution in [3.63, 3.8) is 0 Å². The number of allylic oxidation sites excluding steroid dienone is 2. The van der Waals surface area contributed by atoms with Crippen LogP contribution < -0.4 is 4.43 Å². The van der Waals surface area contributed by atoms with Gasteiger partial charge in [0.15, 0.2) is 0 Å². The van der Waals surface area contributed by atoms with Crippen molar-refractivity contribution >= 4 is 43.0 Å². The zero-order valence-corrected chi connectivity index (χ0v) is 21.5. The van der Waals surface area contributed by atoms with Gasteiger partial charge in [0.25, 0.3) is 8.32 Å². The highest BCUT2D eigenvalue weighted by Gasteiger charge is 2.41. The van der Waals surface area contributed by atoms with Crippen LogP contribution >= 0.6 is 22.6 Å². The lowest BCUT2D eigenvalue weighted by atomic mass is 10.0. The van der Waals surface area contributed by atoms with Gasteiger partial charge in [-0.1, -0.05) is 85.9 Å². The van der Waals surface area contributed by atoms with E-state index in [1.165, 1.54) is 0 Å². The van der Waals surface area contributed by atoms with Gasteiger partial charge in [-0.25, -0.2) is 4.79 Å². The molecule has 4 nitrogen and oxygen atoms in total. The second-order valence-corrected chi connectivity index (χ2v) is 14.8. The van der Waals surface area contributed by atoms with Crippen molar-refractivity contribution in [3.05, 3.63) is 57.7 Å². The highest BCUT2D eigenvalue weighted by molar-refractivity contribution is 14.1. The molecule has 0 saturated carbocycles. The second kappa shape index (κ2) is 9.40. The summed E-state index contributed by atoms with van der Waals surface area (Å²) in [6.45, 7) is 10.9. The van der Waals surface area contributed by atoms with E-state index in [0.717, 1.165) is 5.56 Å². The Balaban J connectivity index is 2.00. The first-order valence-electron chi connectivity index (χ1n) is 10.4. The number of rotatable bonds is 4. The smallest absolute Gasteiger partial charge is 0.342 e. The van der Waals surface area contributed by atoms with Crippen molar-refractivity contribution in [1.82, 2.24) is 0 Å². The normalized spacial score (nSPS) is 26.6. The summed E-state index contributed by atoms with van der Waals surface area (Å²) in [6, 6.07) is 5.75. The van der Waals surface area contributed by atoms with Crippen LogP contribution in [0.25, 0.3) is 6.08 Å². The predicted molar refractivity (Wildman–Crippen MR) is 133 cm³/mol. The molecular formula is C24H31IO4Si. The summed E-state index contributed by atoms with van der Waals surface area (Å²) in [5.74, 6) is 0.274. The summed E-state index contributed by atoms with van der Waals surface area (Å²) >= 11 is 2.19. The fraction of sp³-hybridized carbons (Fsp3) is 0.458. The molecule has 30 heavy (non-hydrogen) atoms. The molecule has 1 aromatic carbocycles. The molecule has 0 bridgehead atoms. The van der Waals surface area contributed by atoms with E-state index in [1.54, 1.807) is 0 Å². The van der Waals surface area contributed by atoms with E-state index in [4.69, 9.17) is 13.9 Å². The fourth-order valence-corrected chi connectivity index (χ4v) is 4.45. The van der Waals surface area contributed by atoms with E-state index in [-0.39, 0.29) is 29.3 Å². The predicted octanol–water partition coefficient (Wildman–Crippen LogP) is 6.68. The van der Waals surface area contributed by atoms with Crippen LogP contribution in [-0.2, 0) is 9.47 Å². The number of hydrogen-bond donors (Lipinski definition) is 0. The molecule has 3 rings (SSSR count). The molecule has 0 radical (unpaired) electrons. The molecule has 0 unspecified atom stereocenters. The lowest BCUT2D eigenvalue weighted by Crippen LogP contribution is -2.44. The number of carbonyl (C=O) groups is 1. The maximum absolute atomic E-state index is 13.4. The van der Waals surface area contributed by atoms with Gasteiger partial charge in [0, 0.05) is 12.8 Å². The SMILES string of the molecule is CC(C)(C)[Si](C)(C)Oc1cccc2c1C(=O)O[C@@H](C/C=C/I)C[C@@H]1O[C@@H]1/C=C\C=C\2. The van der Waals surface area contributed by atoms with Crippen LogP contribution in [-0.4, -0.2) is 32.6 Å². The van der Waals surface area contributed by atoms with Gasteiger partial charge in [-0.05, 0) is 33.8 Å². The van der Waals surface area contributed by atoms with Gasteiger partial charge in [-0.2, -0.15) is 0 Å². The van der Waals surface area contributed by atoms with E-state index in [1.807, 2.05) is 46.6 Å². The minimum Gasteiger partial charge on any atom is -0.543 e. The Morgan fingerprint density at radius 1 is 1.27 bits per heavy atom. The van der Waals surface area contributed by atoms with Gasteiger partial charge in [-0.3, -0.25) is 0 Å². The molecule has 1 aromatic rings. The lowest BCUT2D eigenvalue weighted by Gasteiger charge is -2.37. The molecule has 1 fully saturated rings. The van der Waals surface area contributed by atoms with Gasteiger partial charge < -0.3 is 13.9 Å². The van der Waals surface area contributed by atoms with Crippen LogP contribution in [0.15, 0.2) is 46.6 Å². The third kappa shape index (κ3) is 5.65. The summed E-state index contributed by atoms with van der Waals surface area (Å²) in [7, 11) is -2.12. The highest BCUT2D eigenvalue weighted by Crippen LogP contribution is 2.39. The molecule has 2 aliphatic heterocycles. The molecular weight excluding hydrogens is 507 g/mol. The van der Waals surface area contributed by atoms with Crippen LogP contribution in [0.4, 0.5) is 0 Å². The molecule has 162 valence electrons. The molecule has 1 saturated heterocycles. The quantitative estimate of drug-likeness (QED) is 0.186. The van der Waals surface area contributed by atoms with E-state index in [0.29, 0.717) is 24.2 Å². The molecule has 3 atom stereocenters. The topological polar surface area (TPSA) is 48.1 Å². The Labute approximate surface area is 194 Å². The highest BCUT2D eigenvalue weighted by atomic mass is 127. The van der Waals surface area contributed by atoms with Gasteiger partial charge in [0.2, 0.25) is 0 Å². The van der Waals surface area contributed by atoms with E-state index in [2.05, 4.69) is 62.5 Å². The maximum Gasteiger partial charge on any atom is 0.342 e. The molecule has 0 aromatic heterocycles. The average molecular weight is 538 g/mol. The Morgan fingerprint density at radius 2 is 2.03 bits per heavy atom. The van der Waals surface area contributed by atoms with Gasteiger partial charge in [0.05, 0.1) is 6.10 Å². The number of cyclic esters (lactones) is 1. The van der Waals surface area contributed by atoms with Crippen molar-refractivity contribution in [2.75, 3.05) is 0 Å². The number of carbonyl (C=O) groups excluding carboxylic acids is 1. The largest absolute Gasteiger partial charge is 0.543 e. The average Bonchev–Trinajstić information content (AvgIpc) is 3.38. The fourth-order valence-electron chi connectivity index (χ4n) is 3.13. The van der Waals surface area contributed by atoms with E-state index < -0.39 is 8.32 Å². The van der Waals surface area contributed by atoms with Gasteiger partial charge in [-0.15, -0.1) is 0 Å². The summed E-state index contributed by atoms with van der Waals surface area (Å²) in [5, 5.41) is 0.0233. The van der Waals surface area contributed by atoms with Crippen molar-refractivity contribution in [3.8, 4) is 5.75 Å². The molecule has 0 spiro atoms. The summed E-state index contributed by atoms with van der Waals surface area (Å²) in [5.41, 5.74) is 1.31. The molecule has 0 amide bonds. The van der Waals surface area contributed by atoms with Crippen molar-refractivity contribution in [2.24, 2.45) is 0 Å². The van der Waals surface area contributed by atoms with E-state index in [9.17, 15) is 4.79 Å². The van der Waals surface area contributed by atoms with Crippen molar-refractivity contribution < 1.29 is 18.7 Å². The Kier molecular flexibility index (Phi) is 7.30. The van der Waals surface area contributed by atoms with Crippen LogP contribution in [0.1, 0.15) is 49.5 Å². The Morgan fingerprint density at radius 3 is 2.73 bits per heavy atom. The first-order chi connectivity index (χ1) is 14.1. The molecule has 0 aliphatic carbocycles. The van der Waals surface area contributed by atoms with E-state index >= 15 is 0 Å². The molecule has 2 aliphatic rings. The minimum absolute atomic E-state index is 0.0233. The summed E-state index contributed by atoms with van der Waals surface area (Å²) in [6.07, 6.45) is 11.3. The monoisotopic (exact) mass is 538 g/mol. The third-order valence-corrected chi connectivity index (χ3v) is 10.9. The zero-order chi connectivity index (χ0) is 21.9. The number of esters is 1. The summed E-state index contributed by atoms with van der Waals surface area (Å²) < 4.78 is 20.2. The number of ether oxygens (including phenoxy) is 2. The van der Waals surface area contributed by atoms with Crippen LogP contribution in [0, 0.1) is 0 Å². The number of epoxide rings is 1. The molecule has 6 heteroatoms. The maximum atomic E-state index is 13.4. The second-order valence-electron chi connectivity index (χ2n) is 9.33. The lowest BCUT2D eigenvalue weighted by molar-refractivity contribution is 0.0270. The Bertz CT molecular complexity index is 866. The number of benzene rings is 1. The standard InChI is InChI=1S/C24H31IO4Si/c1-24(2,3)30(4,5)29-20-14-8-11-17-10-6-7-13-19-21(28-19)16-18(12-9-15-25)27-23(26)22(17)20/h6-11,13-15,18-19,21H,12,16H2,1-5H3/b10-6+,13-7-,15-9+/t18-,19+,21-/m0/s1. The first kappa shape index (κ1) is 23.3. The van der Waals surface area contributed by atoms with Gasteiger partial charge >= 0.3 is 5.97 Å². The van der Waals surface area contributed by atoms with Crippen LogP contribution in [0.3, 0.4) is 0 Å². The zero-order valence-electron chi connectivity index (χ0n) is 18.4. The molecule has 2 heterocycles. The third-order valence-electron chi connectivity index (χ3n) is 6.00. The Hall–Kier alpha value is -1.38. The van der Waals surface area contributed by atoms with Crippen LogP contribution in [0.2, 0.25) is 18.1 Å². The number of hydrogen-bond acceptors (Lipinski definition) is 4. The molecule has 0 N–H and O–H groups in total. The number of fused-ring (bicyclic) bond motifs is 2. The van der Waals surface area contributed by atoms with Gasteiger partial charge in [0.1, 0.15) is 23.5 Å². The minimum atomic E-state index is -2.12.